The molecule has 0 radical (unpaired) electrons. The zero-order valence-corrected chi connectivity index (χ0v) is 19.1. The van der Waals surface area contributed by atoms with E-state index < -0.39 is 11.8 Å². The number of anilines is 1. The van der Waals surface area contributed by atoms with E-state index in [1.165, 1.54) is 6.08 Å². The van der Waals surface area contributed by atoms with Crippen LogP contribution in [0.2, 0.25) is 15.1 Å². The minimum absolute atomic E-state index is 0.00872. The number of carbonyl (C=O) groups is 2. The van der Waals surface area contributed by atoms with Crippen molar-refractivity contribution in [3.8, 4) is 5.75 Å². The number of halogens is 3. The van der Waals surface area contributed by atoms with Gasteiger partial charge in [0.2, 0.25) is 0 Å². The first-order chi connectivity index (χ1) is 14.2. The number of rotatable bonds is 5. The molecule has 5 nitrogen and oxygen atoms in total. The standard InChI is InChI=1S/C21H17Cl3N2O3S/c1-3-11(2)29-17-8-7-12(10-15(17)23)9-13-19(27)25-21(30)26(20(13)28)16-6-4-5-14(22)18(16)24/h4-11H,3H2,1-2H3,(H,25,27,30)/b13-9+/t11-/m1/s1. The fourth-order valence-electron chi connectivity index (χ4n) is 2.71. The second-order valence-corrected chi connectivity index (χ2v) is 8.14. The Balaban J connectivity index is 1.97. The van der Waals surface area contributed by atoms with Crippen molar-refractivity contribution in [1.29, 1.82) is 0 Å². The van der Waals surface area contributed by atoms with Gasteiger partial charge in [-0.25, -0.2) is 0 Å². The number of hydrogen-bond donors (Lipinski definition) is 1. The molecule has 2 aromatic rings. The predicted molar refractivity (Wildman–Crippen MR) is 124 cm³/mol. The molecule has 1 saturated heterocycles. The van der Waals surface area contributed by atoms with Crippen molar-refractivity contribution in [2.24, 2.45) is 0 Å². The highest BCUT2D eigenvalue weighted by Gasteiger charge is 2.35. The van der Waals surface area contributed by atoms with Crippen LogP contribution in [0, 0.1) is 0 Å². The molecule has 1 heterocycles. The number of benzene rings is 2. The monoisotopic (exact) mass is 482 g/mol. The van der Waals surface area contributed by atoms with Gasteiger partial charge in [-0.2, -0.15) is 0 Å². The van der Waals surface area contributed by atoms with E-state index in [1.54, 1.807) is 36.4 Å². The first kappa shape index (κ1) is 22.6. The average Bonchev–Trinajstić information content (AvgIpc) is 2.70. The molecule has 0 bridgehead atoms. The summed E-state index contributed by atoms with van der Waals surface area (Å²) in [6.07, 6.45) is 2.28. The second kappa shape index (κ2) is 9.35. The molecule has 156 valence electrons. The average molecular weight is 484 g/mol. The van der Waals surface area contributed by atoms with E-state index in [-0.39, 0.29) is 32.5 Å². The van der Waals surface area contributed by atoms with Crippen LogP contribution in [-0.4, -0.2) is 23.0 Å². The summed E-state index contributed by atoms with van der Waals surface area (Å²) in [5.41, 5.74) is 0.715. The van der Waals surface area contributed by atoms with Crippen LogP contribution < -0.4 is 15.0 Å². The van der Waals surface area contributed by atoms with Crippen LogP contribution in [-0.2, 0) is 9.59 Å². The van der Waals surface area contributed by atoms with Gasteiger partial charge >= 0.3 is 0 Å². The molecule has 2 aromatic carbocycles. The van der Waals surface area contributed by atoms with Gasteiger partial charge in [0, 0.05) is 0 Å². The lowest BCUT2D eigenvalue weighted by Gasteiger charge is -2.29. The number of ether oxygens (including phenoxy) is 1. The zero-order valence-electron chi connectivity index (χ0n) is 16.0. The topological polar surface area (TPSA) is 58.6 Å². The van der Waals surface area contributed by atoms with Gasteiger partial charge in [-0.15, -0.1) is 0 Å². The number of amides is 2. The Kier molecular flexibility index (Phi) is 7.03. The van der Waals surface area contributed by atoms with Crippen LogP contribution >= 0.6 is 47.0 Å². The second-order valence-electron chi connectivity index (χ2n) is 6.56. The highest BCUT2D eigenvalue weighted by molar-refractivity contribution is 7.80. The highest BCUT2D eigenvalue weighted by atomic mass is 35.5. The van der Waals surface area contributed by atoms with E-state index in [1.807, 2.05) is 13.8 Å². The molecule has 1 aliphatic heterocycles. The zero-order chi connectivity index (χ0) is 22.0. The lowest BCUT2D eigenvalue weighted by atomic mass is 10.1. The number of nitrogens with zero attached hydrogens (tertiary/aromatic N) is 1. The van der Waals surface area contributed by atoms with Crippen LogP contribution in [0.25, 0.3) is 6.08 Å². The maximum atomic E-state index is 13.1. The van der Waals surface area contributed by atoms with E-state index in [0.29, 0.717) is 16.3 Å². The quantitative estimate of drug-likeness (QED) is 0.339. The van der Waals surface area contributed by atoms with Gasteiger partial charge in [0.1, 0.15) is 11.3 Å². The first-order valence-corrected chi connectivity index (χ1v) is 10.6. The Bertz CT molecular complexity index is 1070. The van der Waals surface area contributed by atoms with Crippen molar-refractivity contribution >= 4 is 75.7 Å². The van der Waals surface area contributed by atoms with Crippen molar-refractivity contribution in [1.82, 2.24) is 5.32 Å². The number of hydrogen-bond acceptors (Lipinski definition) is 4. The molecule has 1 aliphatic rings. The highest BCUT2D eigenvalue weighted by Crippen LogP contribution is 2.34. The molecular formula is C21H17Cl3N2O3S. The molecule has 2 amide bonds. The van der Waals surface area contributed by atoms with Crippen molar-refractivity contribution < 1.29 is 14.3 Å². The molecule has 0 aromatic heterocycles. The van der Waals surface area contributed by atoms with Crippen molar-refractivity contribution in [2.75, 3.05) is 4.90 Å². The van der Waals surface area contributed by atoms with Crippen LogP contribution in [0.3, 0.4) is 0 Å². The molecular weight excluding hydrogens is 467 g/mol. The smallest absolute Gasteiger partial charge is 0.270 e. The van der Waals surface area contributed by atoms with Gasteiger partial charge in [0.05, 0.1) is 26.9 Å². The van der Waals surface area contributed by atoms with Crippen LogP contribution in [0.4, 0.5) is 5.69 Å². The van der Waals surface area contributed by atoms with Crippen LogP contribution in [0.5, 0.6) is 5.75 Å². The SMILES string of the molecule is CC[C@@H](C)Oc1ccc(/C=C2\C(=O)NC(=S)N(c3cccc(Cl)c3Cl)C2=O)cc1Cl. The van der Waals surface area contributed by atoms with Gasteiger partial charge < -0.3 is 4.74 Å². The van der Waals surface area contributed by atoms with E-state index in [0.717, 1.165) is 11.3 Å². The van der Waals surface area contributed by atoms with Gasteiger partial charge in [0.15, 0.2) is 5.11 Å². The van der Waals surface area contributed by atoms with Gasteiger partial charge in [-0.3, -0.25) is 19.8 Å². The summed E-state index contributed by atoms with van der Waals surface area (Å²) >= 11 is 23.8. The van der Waals surface area contributed by atoms with E-state index >= 15 is 0 Å². The van der Waals surface area contributed by atoms with Crippen molar-refractivity contribution in [3.05, 3.63) is 62.6 Å². The number of thiocarbonyl (C=S) groups is 1. The third kappa shape index (κ3) is 4.62. The summed E-state index contributed by atoms with van der Waals surface area (Å²) in [7, 11) is 0. The van der Waals surface area contributed by atoms with Crippen LogP contribution in [0.1, 0.15) is 25.8 Å². The maximum absolute atomic E-state index is 13.1. The molecule has 1 atom stereocenters. The lowest BCUT2D eigenvalue weighted by molar-refractivity contribution is -0.122. The summed E-state index contributed by atoms with van der Waals surface area (Å²) < 4.78 is 5.74. The lowest BCUT2D eigenvalue weighted by Crippen LogP contribution is -2.54. The fourth-order valence-corrected chi connectivity index (χ4v) is 3.60. The normalized spacial score (nSPS) is 16.6. The summed E-state index contributed by atoms with van der Waals surface area (Å²) in [5, 5.41) is 3.21. The van der Waals surface area contributed by atoms with Crippen molar-refractivity contribution in [2.45, 2.75) is 26.4 Å². The first-order valence-electron chi connectivity index (χ1n) is 9.04. The minimum Gasteiger partial charge on any atom is -0.489 e. The molecule has 0 aliphatic carbocycles. The summed E-state index contributed by atoms with van der Waals surface area (Å²) in [4.78, 5) is 26.7. The molecule has 30 heavy (non-hydrogen) atoms. The molecule has 0 unspecified atom stereocenters. The summed E-state index contributed by atoms with van der Waals surface area (Å²) in [6.45, 7) is 3.95. The predicted octanol–water partition coefficient (Wildman–Crippen LogP) is 5.66. The summed E-state index contributed by atoms with van der Waals surface area (Å²) in [5.74, 6) is -0.708. The van der Waals surface area contributed by atoms with Gasteiger partial charge in [-0.1, -0.05) is 53.9 Å². The molecule has 1 N–H and O–H groups in total. The Morgan fingerprint density at radius 3 is 2.57 bits per heavy atom. The molecule has 0 spiro atoms. The van der Waals surface area contributed by atoms with Gasteiger partial charge in [0.25, 0.3) is 11.8 Å². The maximum Gasteiger partial charge on any atom is 0.270 e. The van der Waals surface area contributed by atoms with E-state index in [2.05, 4.69) is 5.32 Å². The summed E-state index contributed by atoms with van der Waals surface area (Å²) in [6, 6.07) is 9.84. The van der Waals surface area contributed by atoms with Crippen LogP contribution in [0.15, 0.2) is 42.0 Å². The molecule has 3 rings (SSSR count). The molecule has 9 heteroatoms. The fraction of sp³-hybridized carbons (Fsp3) is 0.190. The Morgan fingerprint density at radius 2 is 1.90 bits per heavy atom. The third-order valence-corrected chi connectivity index (χ3v) is 5.83. The largest absolute Gasteiger partial charge is 0.489 e. The van der Waals surface area contributed by atoms with E-state index in [4.69, 9.17) is 51.8 Å². The van der Waals surface area contributed by atoms with E-state index in [9.17, 15) is 9.59 Å². The number of carbonyl (C=O) groups excluding carboxylic acids is 2. The number of nitrogens with one attached hydrogen (secondary N) is 1. The Hall–Kier alpha value is -2.12. The van der Waals surface area contributed by atoms with Crippen molar-refractivity contribution in [3.63, 3.8) is 0 Å². The molecule has 0 saturated carbocycles. The molecule has 1 fully saturated rings. The Labute approximate surface area is 194 Å². The Morgan fingerprint density at radius 1 is 1.17 bits per heavy atom. The van der Waals surface area contributed by atoms with Gasteiger partial charge in [-0.05, 0) is 61.5 Å². The minimum atomic E-state index is -0.621. The third-order valence-electron chi connectivity index (χ3n) is 4.44.